The van der Waals surface area contributed by atoms with Gasteiger partial charge in [0.2, 0.25) is 5.91 Å². The molecule has 2 heterocycles. The topological polar surface area (TPSA) is 41.6 Å². The van der Waals surface area contributed by atoms with E-state index in [-0.39, 0.29) is 24.5 Å². The molecule has 0 aliphatic carbocycles. The molecule has 1 amide bonds. The number of nitrogens with zero attached hydrogens (tertiary/aromatic N) is 1. The van der Waals surface area contributed by atoms with Crippen LogP contribution in [0.4, 0.5) is 5.69 Å². The number of nitrogens with one attached hydrogen (secondary N) is 1. The first-order valence-electron chi connectivity index (χ1n) is 7.96. The lowest BCUT2D eigenvalue weighted by atomic mass is 9.82. The lowest BCUT2D eigenvalue weighted by Gasteiger charge is -2.43. The summed E-state index contributed by atoms with van der Waals surface area (Å²) in [5.41, 5.74) is 2.08. The van der Waals surface area contributed by atoms with Crippen LogP contribution in [0.3, 0.4) is 0 Å². The lowest BCUT2D eigenvalue weighted by molar-refractivity contribution is -0.140. The van der Waals surface area contributed by atoms with Crippen molar-refractivity contribution in [3.05, 3.63) is 27.7 Å². The number of benzene rings is 1. The van der Waals surface area contributed by atoms with E-state index in [1.807, 2.05) is 17.0 Å². The van der Waals surface area contributed by atoms with E-state index in [1.54, 1.807) is 7.11 Å². The van der Waals surface area contributed by atoms with Crippen LogP contribution in [0.15, 0.2) is 12.1 Å². The van der Waals surface area contributed by atoms with Crippen LogP contribution in [-0.2, 0) is 9.53 Å². The van der Waals surface area contributed by atoms with Crippen LogP contribution in [-0.4, -0.2) is 43.2 Å². The van der Waals surface area contributed by atoms with E-state index in [0.29, 0.717) is 28.5 Å². The number of rotatable bonds is 3. The predicted octanol–water partition coefficient (Wildman–Crippen LogP) is 3.77. The van der Waals surface area contributed by atoms with Crippen LogP contribution in [0.1, 0.15) is 31.7 Å². The van der Waals surface area contributed by atoms with Crippen LogP contribution in [0.2, 0.25) is 10.0 Å². The molecular weight excluding hydrogens is 335 g/mol. The average Bonchev–Trinajstić information content (AvgIpc) is 2.88. The van der Waals surface area contributed by atoms with E-state index in [2.05, 4.69) is 19.2 Å². The number of likely N-dealkylation sites (tertiary alicyclic amines) is 1. The molecule has 0 spiro atoms. The van der Waals surface area contributed by atoms with Gasteiger partial charge in [-0.3, -0.25) is 4.79 Å². The molecule has 6 heteroatoms. The summed E-state index contributed by atoms with van der Waals surface area (Å²) in [5, 5.41) is 4.67. The van der Waals surface area contributed by atoms with Gasteiger partial charge in [-0.25, -0.2) is 0 Å². The van der Waals surface area contributed by atoms with Crippen molar-refractivity contribution < 1.29 is 9.53 Å². The van der Waals surface area contributed by atoms with Crippen molar-refractivity contribution in [2.24, 2.45) is 5.92 Å². The molecule has 0 radical (unpaired) electrons. The quantitative estimate of drug-likeness (QED) is 0.895. The Morgan fingerprint density at radius 2 is 2.17 bits per heavy atom. The molecule has 1 saturated heterocycles. The van der Waals surface area contributed by atoms with E-state index < -0.39 is 0 Å². The number of carbonyl (C=O) groups excluding carboxylic acids is 1. The zero-order valence-electron chi connectivity index (χ0n) is 13.6. The Morgan fingerprint density at radius 3 is 2.83 bits per heavy atom. The molecule has 4 nitrogen and oxygen atoms in total. The minimum atomic E-state index is 0.0539. The van der Waals surface area contributed by atoms with Crippen molar-refractivity contribution in [2.75, 3.05) is 25.6 Å². The minimum absolute atomic E-state index is 0.0539. The van der Waals surface area contributed by atoms with Gasteiger partial charge in [0, 0.05) is 31.7 Å². The van der Waals surface area contributed by atoms with Gasteiger partial charge in [0.05, 0.1) is 15.7 Å². The third kappa shape index (κ3) is 2.92. The first-order valence-corrected chi connectivity index (χ1v) is 8.72. The van der Waals surface area contributed by atoms with Gasteiger partial charge in [-0.2, -0.15) is 0 Å². The highest BCUT2D eigenvalue weighted by molar-refractivity contribution is 6.43. The lowest BCUT2D eigenvalue weighted by Crippen LogP contribution is -2.54. The third-order valence-corrected chi connectivity index (χ3v) is 5.79. The fraction of sp³-hybridized carbons (Fsp3) is 0.588. The third-order valence-electron chi connectivity index (χ3n) is 4.99. The second-order valence-electron chi connectivity index (χ2n) is 6.71. The number of hydrogen-bond donors (Lipinski definition) is 1. The highest BCUT2D eigenvalue weighted by Gasteiger charge is 2.44. The summed E-state index contributed by atoms with van der Waals surface area (Å²) in [6.45, 7) is 5.13. The molecule has 0 saturated carbocycles. The van der Waals surface area contributed by atoms with Crippen LogP contribution in [0, 0.1) is 5.92 Å². The molecule has 3 atom stereocenters. The summed E-state index contributed by atoms with van der Waals surface area (Å²) >= 11 is 12.5. The Morgan fingerprint density at radius 1 is 1.43 bits per heavy atom. The molecule has 1 fully saturated rings. The molecule has 2 aliphatic rings. The average molecular weight is 357 g/mol. The van der Waals surface area contributed by atoms with Crippen LogP contribution in [0.5, 0.6) is 0 Å². The summed E-state index contributed by atoms with van der Waals surface area (Å²) in [6, 6.07) is 4.35. The fourth-order valence-corrected chi connectivity index (χ4v) is 4.22. The van der Waals surface area contributed by atoms with Crippen molar-refractivity contribution in [1.29, 1.82) is 0 Å². The number of amides is 1. The number of hydrogen-bond acceptors (Lipinski definition) is 3. The normalized spacial score (nSPS) is 26.0. The van der Waals surface area contributed by atoms with Gasteiger partial charge in [-0.1, -0.05) is 43.1 Å². The van der Waals surface area contributed by atoms with Gasteiger partial charge in [0.1, 0.15) is 6.61 Å². The molecule has 1 aromatic carbocycles. The van der Waals surface area contributed by atoms with Crippen LogP contribution < -0.4 is 5.32 Å². The Kier molecular flexibility index (Phi) is 4.77. The van der Waals surface area contributed by atoms with Gasteiger partial charge < -0.3 is 15.0 Å². The van der Waals surface area contributed by atoms with Gasteiger partial charge in [-0.05, 0) is 24.0 Å². The Labute approximate surface area is 147 Å². The van der Waals surface area contributed by atoms with Crippen molar-refractivity contribution in [2.45, 2.75) is 38.3 Å². The number of anilines is 1. The summed E-state index contributed by atoms with van der Waals surface area (Å²) in [7, 11) is 1.56. The number of halogens is 2. The number of fused-ring (bicyclic) bond motifs is 3. The maximum atomic E-state index is 12.5. The SMILES string of the molecule is COCC(=O)N1CC2c3ccc(Cl)c(Cl)c3NC2C[C@@H]1C(C)C. The van der Waals surface area contributed by atoms with E-state index in [4.69, 9.17) is 27.9 Å². The maximum absolute atomic E-state index is 12.5. The fourth-order valence-electron chi connectivity index (χ4n) is 3.83. The molecular formula is C17H22Cl2N2O2. The number of methoxy groups -OCH3 is 1. The first-order chi connectivity index (χ1) is 10.9. The Bertz CT molecular complexity index is 621. The molecule has 1 aromatic rings. The Hall–Kier alpha value is -0.970. The molecule has 2 aliphatic heterocycles. The number of carbonyl (C=O) groups is 1. The summed E-state index contributed by atoms with van der Waals surface area (Å²) in [5.74, 6) is 0.690. The van der Waals surface area contributed by atoms with E-state index in [1.165, 1.54) is 0 Å². The van der Waals surface area contributed by atoms with Gasteiger partial charge >= 0.3 is 0 Å². The molecule has 1 N–H and O–H groups in total. The first kappa shape index (κ1) is 16.9. The monoisotopic (exact) mass is 356 g/mol. The molecule has 126 valence electrons. The van der Waals surface area contributed by atoms with Crippen LogP contribution in [0.25, 0.3) is 0 Å². The van der Waals surface area contributed by atoms with Crippen LogP contribution >= 0.6 is 23.2 Å². The molecule has 0 aromatic heterocycles. The van der Waals surface area contributed by atoms with E-state index in [0.717, 1.165) is 17.7 Å². The summed E-state index contributed by atoms with van der Waals surface area (Å²) < 4.78 is 5.06. The molecule has 3 rings (SSSR count). The van der Waals surface area contributed by atoms with E-state index >= 15 is 0 Å². The minimum Gasteiger partial charge on any atom is -0.380 e. The summed E-state index contributed by atoms with van der Waals surface area (Å²) in [4.78, 5) is 14.4. The van der Waals surface area contributed by atoms with E-state index in [9.17, 15) is 4.79 Å². The van der Waals surface area contributed by atoms with Gasteiger partial charge in [0.15, 0.2) is 0 Å². The van der Waals surface area contributed by atoms with Crippen molar-refractivity contribution in [3.8, 4) is 0 Å². The zero-order chi connectivity index (χ0) is 16.7. The largest absolute Gasteiger partial charge is 0.380 e. The standard InChI is InChI=1S/C17H22Cl2N2O2/c1-9(2)14-6-13-11(7-21(14)15(22)8-23-3)10-4-5-12(18)16(19)17(10)20-13/h4-5,9,11,13-14,20H,6-8H2,1-3H3/t11?,13?,14-/m1/s1. The Balaban J connectivity index is 1.92. The van der Waals surface area contributed by atoms with Gasteiger partial charge in [-0.15, -0.1) is 0 Å². The number of ether oxygens (including phenoxy) is 1. The smallest absolute Gasteiger partial charge is 0.248 e. The highest BCUT2D eigenvalue weighted by atomic mass is 35.5. The predicted molar refractivity (Wildman–Crippen MR) is 93.4 cm³/mol. The van der Waals surface area contributed by atoms with Crippen molar-refractivity contribution >= 4 is 34.8 Å². The highest BCUT2D eigenvalue weighted by Crippen LogP contribution is 2.47. The second kappa shape index (κ2) is 6.50. The zero-order valence-corrected chi connectivity index (χ0v) is 15.1. The summed E-state index contributed by atoms with van der Waals surface area (Å²) in [6.07, 6.45) is 0.903. The molecule has 23 heavy (non-hydrogen) atoms. The second-order valence-corrected chi connectivity index (χ2v) is 7.49. The molecule has 0 bridgehead atoms. The molecule has 2 unspecified atom stereocenters. The maximum Gasteiger partial charge on any atom is 0.248 e. The van der Waals surface area contributed by atoms with Crippen molar-refractivity contribution in [1.82, 2.24) is 4.90 Å². The van der Waals surface area contributed by atoms with Crippen molar-refractivity contribution in [3.63, 3.8) is 0 Å². The number of piperidine rings is 1. The van der Waals surface area contributed by atoms with Gasteiger partial charge in [0.25, 0.3) is 0 Å².